The van der Waals surface area contributed by atoms with Crippen LogP contribution in [0.5, 0.6) is 0 Å². The van der Waals surface area contributed by atoms with Gasteiger partial charge in [-0.3, -0.25) is 0 Å². The molecule has 0 aliphatic heterocycles. The molecule has 4 unspecified atom stereocenters. The van der Waals surface area contributed by atoms with E-state index in [0.717, 1.165) is 23.7 Å². The summed E-state index contributed by atoms with van der Waals surface area (Å²) in [4.78, 5) is 0. The molecular formula is C13H19Zr. The number of allylic oxidation sites excluding steroid dienone is 4. The Morgan fingerprint density at radius 1 is 1.07 bits per heavy atom. The fourth-order valence-corrected chi connectivity index (χ4v) is 3.45. The Morgan fingerprint density at radius 2 is 1.86 bits per heavy atom. The van der Waals surface area contributed by atoms with Crippen molar-refractivity contribution in [3.05, 3.63) is 30.7 Å². The molecule has 2 fully saturated rings. The molecule has 0 aromatic rings. The predicted molar refractivity (Wildman–Crippen MR) is 57.2 cm³/mol. The Kier molecular flexibility index (Phi) is 3.47. The third-order valence-corrected chi connectivity index (χ3v) is 4.06. The average Bonchev–Trinajstić information content (AvgIpc) is 2.56. The van der Waals surface area contributed by atoms with E-state index in [2.05, 4.69) is 30.7 Å². The van der Waals surface area contributed by atoms with E-state index in [1.54, 1.807) is 0 Å². The van der Waals surface area contributed by atoms with Crippen molar-refractivity contribution in [2.75, 3.05) is 0 Å². The van der Waals surface area contributed by atoms with E-state index < -0.39 is 0 Å². The molecule has 14 heavy (non-hydrogen) atoms. The van der Waals surface area contributed by atoms with Crippen LogP contribution in [0, 0.1) is 30.1 Å². The molecule has 0 saturated heterocycles. The SMILES string of the molecule is C1=CC2[CH-]C3CCCCC3C2C=C1.[H-].[H-].[Zr+3]. The van der Waals surface area contributed by atoms with Gasteiger partial charge in [-0.1, -0.05) is 49.8 Å². The molecule has 0 heterocycles. The zero-order valence-corrected chi connectivity index (χ0v) is 11.0. The van der Waals surface area contributed by atoms with Crippen LogP contribution in [0.2, 0.25) is 0 Å². The molecule has 0 bridgehead atoms. The van der Waals surface area contributed by atoms with Crippen molar-refractivity contribution < 1.29 is 29.1 Å². The minimum absolute atomic E-state index is 0. The molecule has 4 atom stereocenters. The van der Waals surface area contributed by atoms with Gasteiger partial charge < -0.3 is 9.27 Å². The van der Waals surface area contributed by atoms with Crippen LogP contribution in [0.25, 0.3) is 0 Å². The first-order chi connectivity index (χ1) is 6.45. The van der Waals surface area contributed by atoms with Crippen molar-refractivity contribution in [2.24, 2.45) is 23.7 Å². The van der Waals surface area contributed by atoms with Crippen molar-refractivity contribution in [3.8, 4) is 0 Å². The van der Waals surface area contributed by atoms with Gasteiger partial charge >= 0.3 is 26.2 Å². The minimum atomic E-state index is 0. The van der Waals surface area contributed by atoms with Crippen molar-refractivity contribution in [1.82, 2.24) is 0 Å². The summed E-state index contributed by atoms with van der Waals surface area (Å²) in [5.41, 5.74) is 0. The summed E-state index contributed by atoms with van der Waals surface area (Å²) in [6, 6.07) is 0. The minimum Gasteiger partial charge on any atom is -1.00 e. The summed E-state index contributed by atoms with van der Waals surface area (Å²) in [5.74, 6) is 3.56. The van der Waals surface area contributed by atoms with E-state index in [1.165, 1.54) is 25.7 Å². The molecule has 1 heteroatoms. The second kappa shape index (κ2) is 4.48. The van der Waals surface area contributed by atoms with Gasteiger partial charge in [0, 0.05) is 0 Å². The summed E-state index contributed by atoms with van der Waals surface area (Å²) in [6.07, 6.45) is 17.8. The quantitative estimate of drug-likeness (QED) is 0.588. The van der Waals surface area contributed by atoms with Gasteiger partial charge in [-0.05, 0) is 5.92 Å². The van der Waals surface area contributed by atoms with Gasteiger partial charge in [0.15, 0.2) is 0 Å². The van der Waals surface area contributed by atoms with Crippen LogP contribution in [0.1, 0.15) is 28.5 Å². The molecule has 0 spiro atoms. The molecule has 3 rings (SSSR count). The fraction of sp³-hybridized carbons (Fsp3) is 0.615. The molecule has 0 nitrogen and oxygen atoms in total. The molecule has 0 aromatic heterocycles. The van der Waals surface area contributed by atoms with E-state index in [1.807, 2.05) is 0 Å². The van der Waals surface area contributed by atoms with Gasteiger partial charge in [0.25, 0.3) is 0 Å². The monoisotopic (exact) mass is 265 g/mol. The summed E-state index contributed by atoms with van der Waals surface area (Å²) in [5, 5.41) is 0. The normalized spacial score (nSPS) is 44.0. The van der Waals surface area contributed by atoms with Crippen molar-refractivity contribution in [1.29, 1.82) is 0 Å². The number of hydrogen-bond acceptors (Lipinski definition) is 0. The van der Waals surface area contributed by atoms with E-state index in [-0.39, 0.29) is 29.1 Å². The maximum Gasteiger partial charge on any atom is 3.00 e. The molecule has 0 aromatic carbocycles. The Bertz CT molecular complexity index is 263. The van der Waals surface area contributed by atoms with E-state index in [0.29, 0.717) is 0 Å². The molecule has 0 amide bonds. The molecule has 3 aliphatic carbocycles. The maximum absolute atomic E-state index is 2.62. The average molecular weight is 267 g/mol. The molecular weight excluding hydrogens is 247 g/mol. The van der Waals surface area contributed by atoms with Crippen LogP contribution in [-0.4, -0.2) is 0 Å². The van der Waals surface area contributed by atoms with Gasteiger partial charge in [-0.2, -0.15) is 5.92 Å². The number of fused-ring (bicyclic) bond motifs is 3. The van der Waals surface area contributed by atoms with Crippen molar-refractivity contribution >= 4 is 0 Å². The third kappa shape index (κ3) is 1.73. The zero-order chi connectivity index (χ0) is 8.67. The summed E-state index contributed by atoms with van der Waals surface area (Å²) in [7, 11) is 0. The molecule has 2 saturated carbocycles. The first-order valence-electron chi connectivity index (χ1n) is 5.65. The second-order valence-corrected chi connectivity index (χ2v) is 4.73. The molecule has 0 N–H and O–H groups in total. The van der Waals surface area contributed by atoms with Crippen LogP contribution >= 0.6 is 0 Å². The molecule has 75 valence electrons. The van der Waals surface area contributed by atoms with Crippen LogP contribution < -0.4 is 0 Å². The maximum atomic E-state index is 2.62. The van der Waals surface area contributed by atoms with Crippen molar-refractivity contribution in [2.45, 2.75) is 25.7 Å². The van der Waals surface area contributed by atoms with Gasteiger partial charge in [-0.25, -0.2) is 0 Å². The summed E-state index contributed by atoms with van der Waals surface area (Å²) >= 11 is 0. The Balaban J connectivity index is 0.000000750. The zero-order valence-electron chi connectivity index (χ0n) is 10.5. The molecule has 1 radical (unpaired) electrons. The smallest absolute Gasteiger partial charge is 1.00 e. The Labute approximate surface area is 109 Å². The topological polar surface area (TPSA) is 0 Å². The first kappa shape index (κ1) is 10.9. The first-order valence-corrected chi connectivity index (χ1v) is 5.65. The van der Waals surface area contributed by atoms with Crippen molar-refractivity contribution in [3.63, 3.8) is 0 Å². The van der Waals surface area contributed by atoms with Crippen LogP contribution in [0.3, 0.4) is 0 Å². The third-order valence-electron chi connectivity index (χ3n) is 4.06. The van der Waals surface area contributed by atoms with Crippen LogP contribution in [-0.2, 0) is 26.2 Å². The summed E-state index contributed by atoms with van der Waals surface area (Å²) < 4.78 is 0. The van der Waals surface area contributed by atoms with Gasteiger partial charge in [0.1, 0.15) is 0 Å². The standard InChI is InChI=1S/C13H17.Zr.2H/c1-3-7-12-10(5-1)9-11-6-2-4-8-13(11)12;;;/h1,3,5,7,9-13H,2,4,6,8H2;;;/q-1;+3;2*-1. The molecule has 3 aliphatic rings. The van der Waals surface area contributed by atoms with E-state index >= 15 is 0 Å². The fourth-order valence-electron chi connectivity index (χ4n) is 3.45. The van der Waals surface area contributed by atoms with E-state index in [4.69, 9.17) is 0 Å². The summed E-state index contributed by atoms with van der Waals surface area (Å²) in [6.45, 7) is 0. The van der Waals surface area contributed by atoms with Gasteiger partial charge in [-0.15, -0.1) is 12.0 Å². The van der Waals surface area contributed by atoms with Crippen LogP contribution in [0.4, 0.5) is 0 Å². The number of hydrogen-bond donors (Lipinski definition) is 0. The van der Waals surface area contributed by atoms with Gasteiger partial charge in [0.2, 0.25) is 0 Å². The predicted octanol–water partition coefficient (Wildman–Crippen LogP) is 3.59. The Hall–Kier alpha value is 0.363. The van der Waals surface area contributed by atoms with E-state index in [9.17, 15) is 0 Å². The van der Waals surface area contributed by atoms with Crippen LogP contribution in [0.15, 0.2) is 24.3 Å². The largest absolute Gasteiger partial charge is 3.00 e. The number of rotatable bonds is 0. The van der Waals surface area contributed by atoms with Gasteiger partial charge in [0.05, 0.1) is 0 Å². The second-order valence-electron chi connectivity index (χ2n) is 4.73. The Morgan fingerprint density at radius 3 is 2.79 bits per heavy atom.